The molecule has 124 valence electrons. The van der Waals surface area contributed by atoms with Crippen LogP contribution in [0.2, 0.25) is 5.02 Å². The molecule has 0 saturated heterocycles. The molecule has 2 N–H and O–H groups in total. The standard InChI is InChI=1S/C17H15ClN2O4/c1-24-17(23)13-4-2-3-5-14(13)20-15(21)10-19-16(22)11-6-8-12(18)9-7-11/h2-9H,10H2,1H3,(H,19,22)(H,20,21). The summed E-state index contributed by atoms with van der Waals surface area (Å²) in [5, 5.41) is 5.57. The van der Waals surface area contributed by atoms with Crippen LogP contribution in [0, 0.1) is 0 Å². The lowest BCUT2D eigenvalue weighted by Gasteiger charge is -2.10. The van der Waals surface area contributed by atoms with Gasteiger partial charge in [0, 0.05) is 10.6 Å². The number of halogens is 1. The second-order valence-corrected chi connectivity index (χ2v) is 5.21. The third kappa shape index (κ3) is 4.57. The first kappa shape index (κ1) is 17.5. The van der Waals surface area contributed by atoms with Gasteiger partial charge in [0.15, 0.2) is 0 Å². The van der Waals surface area contributed by atoms with Crippen LogP contribution >= 0.6 is 11.6 Å². The van der Waals surface area contributed by atoms with E-state index in [4.69, 9.17) is 11.6 Å². The molecular weight excluding hydrogens is 332 g/mol. The SMILES string of the molecule is COC(=O)c1ccccc1NC(=O)CNC(=O)c1ccc(Cl)cc1. The molecule has 0 aliphatic carbocycles. The van der Waals surface area contributed by atoms with E-state index in [0.717, 1.165) is 0 Å². The number of hydrogen-bond donors (Lipinski definition) is 2. The lowest BCUT2D eigenvalue weighted by Crippen LogP contribution is -2.33. The van der Waals surface area contributed by atoms with E-state index in [0.29, 0.717) is 16.3 Å². The summed E-state index contributed by atoms with van der Waals surface area (Å²) in [6.07, 6.45) is 0. The highest BCUT2D eigenvalue weighted by molar-refractivity contribution is 6.30. The van der Waals surface area contributed by atoms with Gasteiger partial charge in [-0.25, -0.2) is 4.79 Å². The highest BCUT2D eigenvalue weighted by Crippen LogP contribution is 2.15. The molecule has 2 amide bonds. The van der Waals surface area contributed by atoms with Crippen LogP contribution in [0.4, 0.5) is 5.69 Å². The van der Waals surface area contributed by atoms with E-state index in [2.05, 4.69) is 15.4 Å². The van der Waals surface area contributed by atoms with Gasteiger partial charge in [-0.1, -0.05) is 23.7 Å². The van der Waals surface area contributed by atoms with Crippen LogP contribution in [0.3, 0.4) is 0 Å². The predicted octanol–water partition coefficient (Wildman–Crippen LogP) is 2.50. The van der Waals surface area contributed by atoms with E-state index < -0.39 is 17.8 Å². The number of carbonyl (C=O) groups is 3. The van der Waals surface area contributed by atoms with Crippen LogP contribution in [-0.2, 0) is 9.53 Å². The maximum Gasteiger partial charge on any atom is 0.339 e. The summed E-state index contributed by atoms with van der Waals surface area (Å²) in [5.41, 5.74) is 0.939. The van der Waals surface area contributed by atoms with E-state index in [1.54, 1.807) is 42.5 Å². The lowest BCUT2D eigenvalue weighted by atomic mass is 10.2. The average Bonchev–Trinajstić information content (AvgIpc) is 2.60. The molecule has 0 unspecified atom stereocenters. The Morgan fingerprint density at radius 1 is 1.04 bits per heavy atom. The highest BCUT2D eigenvalue weighted by Gasteiger charge is 2.14. The number of methoxy groups -OCH3 is 1. The molecule has 0 bridgehead atoms. The molecule has 7 heteroatoms. The fraction of sp³-hybridized carbons (Fsp3) is 0.118. The number of benzene rings is 2. The van der Waals surface area contributed by atoms with E-state index >= 15 is 0 Å². The summed E-state index contributed by atoms with van der Waals surface area (Å²) in [7, 11) is 1.26. The molecule has 0 aromatic heterocycles. The average molecular weight is 347 g/mol. The zero-order chi connectivity index (χ0) is 17.5. The van der Waals surface area contributed by atoms with Crippen molar-refractivity contribution in [1.29, 1.82) is 0 Å². The number of hydrogen-bond acceptors (Lipinski definition) is 4. The number of nitrogens with one attached hydrogen (secondary N) is 2. The minimum absolute atomic E-state index is 0.234. The summed E-state index contributed by atoms with van der Waals surface area (Å²) in [6.45, 7) is -0.239. The smallest absolute Gasteiger partial charge is 0.339 e. The van der Waals surface area contributed by atoms with Crippen molar-refractivity contribution in [2.45, 2.75) is 0 Å². The molecule has 0 saturated carbocycles. The normalized spacial score (nSPS) is 9.92. The molecule has 0 aliphatic rings. The topological polar surface area (TPSA) is 84.5 Å². The van der Waals surface area contributed by atoms with Crippen molar-refractivity contribution in [1.82, 2.24) is 5.32 Å². The highest BCUT2D eigenvalue weighted by atomic mass is 35.5. The summed E-state index contributed by atoms with van der Waals surface area (Å²) in [5.74, 6) is -1.42. The molecule has 0 heterocycles. The second-order valence-electron chi connectivity index (χ2n) is 4.77. The largest absolute Gasteiger partial charge is 0.465 e. The Morgan fingerprint density at radius 3 is 2.38 bits per heavy atom. The van der Waals surface area contributed by atoms with Crippen molar-refractivity contribution in [3.8, 4) is 0 Å². The molecule has 2 aromatic rings. The first-order valence-corrected chi connectivity index (χ1v) is 7.40. The van der Waals surface area contributed by atoms with E-state index in [9.17, 15) is 14.4 Å². The number of anilines is 1. The lowest BCUT2D eigenvalue weighted by molar-refractivity contribution is -0.115. The first-order valence-electron chi connectivity index (χ1n) is 7.02. The van der Waals surface area contributed by atoms with Gasteiger partial charge in [-0.05, 0) is 36.4 Å². The number of amides is 2. The zero-order valence-corrected chi connectivity index (χ0v) is 13.6. The molecule has 0 fully saturated rings. The van der Waals surface area contributed by atoms with Crippen LogP contribution < -0.4 is 10.6 Å². The van der Waals surface area contributed by atoms with E-state index in [-0.39, 0.29) is 12.1 Å². The van der Waals surface area contributed by atoms with Crippen molar-refractivity contribution in [3.63, 3.8) is 0 Å². The maximum atomic E-state index is 12.0. The van der Waals surface area contributed by atoms with Gasteiger partial charge in [-0.15, -0.1) is 0 Å². The number of esters is 1. The fourth-order valence-corrected chi connectivity index (χ4v) is 2.06. The van der Waals surface area contributed by atoms with Gasteiger partial charge >= 0.3 is 5.97 Å². The van der Waals surface area contributed by atoms with Gasteiger partial charge in [0.2, 0.25) is 5.91 Å². The minimum atomic E-state index is -0.559. The Morgan fingerprint density at radius 2 is 1.71 bits per heavy atom. The number of para-hydroxylation sites is 1. The van der Waals surface area contributed by atoms with Gasteiger partial charge in [-0.2, -0.15) is 0 Å². The molecular formula is C17H15ClN2O4. The van der Waals surface area contributed by atoms with Gasteiger partial charge in [-0.3, -0.25) is 9.59 Å². The summed E-state index contributed by atoms with van der Waals surface area (Å²) in [6, 6.07) is 12.7. The first-order chi connectivity index (χ1) is 11.5. The maximum absolute atomic E-state index is 12.0. The van der Waals surface area contributed by atoms with Crippen molar-refractivity contribution in [3.05, 3.63) is 64.7 Å². The monoisotopic (exact) mass is 346 g/mol. The molecule has 6 nitrogen and oxygen atoms in total. The molecule has 0 aliphatic heterocycles. The quantitative estimate of drug-likeness (QED) is 0.815. The van der Waals surface area contributed by atoms with Crippen LogP contribution in [-0.4, -0.2) is 31.4 Å². The molecule has 24 heavy (non-hydrogen) atoms. The summed E-state index contributed by atoms with van der Waals surface area (Å²) in [4.78, 5) is 35.5. The molecule has 0 spiro atoms. The Bertz CT molecular complexity index is 759. The summed E-state index contributed by atoms with van der Waals surface area (Å²) >= 11 is 5.75. The number of carbonyl (C=O) groups excluding carboxylic acids is 3. The van der Waals surface area contributed by atoms with E-state index in [1.807, 2.05) is 0 Å². The second kappa shape index (κ2) is 8.12. The molecule has 2 rings (SSSR count). The van der Waals surface area contributed by atoms with Crippen molar-refractivity contribution in [2.24, 2.45) is 0 Å². The van der Waals surface area contributed by atoms with Crippen molar-refractivity contribution >= 4 is 35.1 Å². The van der Waals surface area contributed by atoms with Crippen LogP contribution in [0.1, 0.15) is 20.7 Å². The summed E-state index contributed by atoms with van der Waals surface area (Å²) < 4.78 is 4.65. The Kier molecular flexibility index (Phi) is 5.92. The van der Waals surface area contributed by atoms with Gasteiger partial charge in [0.1, 0.15) is 0 Å². The molecule has 0 atom stereocenters. The third-order valence-electron chi connectivity index (χ3n) is 3.12. The fourth-order valence-electron chi connectivity index (χ4n) is 1.94. The van der Waals surface area contributed by atoms with Crippen LogP contribution in [0.15, 0.2) is 48.5 Å². The Hall–Kier alpha value is -2.86. The molecule has 2 aromatic carbocycles. The minimum Gasteiger partial charge on any atom is -0.465 e. The number of ether oxygens (including phenoxy) is 1. The van der Waals surface area contributed by atoms with Gasteiger partial charge in [0.05, 0.1) is 24.9 Å². The van der Waals surface area contributed by atoms with Gasteiger partial charge in [0.25, 0.3) is 5.91 Å². The van der Waals surface area contributed by atoms with Crippen LogP contribution in [0.25, 0.3) is 0 Å². The van der Waals surface area contributed by atoms with Crippen LogP contribution in [0.5, 0.6) is 0 Å². The Labute approximate surface area is 143 Å². The predicted molar refractivity (Wildman–Crippen MR) is 90.2 cm³/mol. The third-order valence-corrected chi connectivity index (χ3v) is 3.37. The van der Waals surface area contributed by atoms with E-state index in [1.165, 1.54) is 13.2 Å². The number of rotatable bonds is 5. The van der Waals surface area contributed by atoms with Crippen molar-refractivity contribution in [2.75, 3.05) is 19.0 Å². The van der Waals surface area contributed by atoms with Crippen molar-refractivity contribution < 1.29 is 19.1 Å². The Balaban J connectivity index is 1.95. The van der Waals surface area contributed by atoms with Gasteiger partial charge < -0.3 is 15.4 Å². The molecule has 0 radical (unpaired) electrons. The zero-order valence-electron chi connectivity index (χ0n) is 12.8.